The molecule has 0 unspecified atom stereocenters. The highest BCUT2D eigenvalue weighted by Crippen LogP contribution is 2.52. The number of hydrogen-bond donors (Lipinski definition) is 0. The van der Waals surface area contributed by atoms with Crippen LogP contribution in [0, 0.1) is 13.8 Å². The summed E-state index contributed by atoms with van der Waals surface area (Å²) in [7, 11) is 0. The van der Waals surface area contributed by atoms with Crippen molar-refractivity contribution in [3.05, 3.63) is 139 Å². The van der Waals surface area contributed by atoms with Crippen molar-refractivity contribution in [2.24, 2.45) is 0 Å². The standard InChI is InChI=1S/C38H27N3O/c1-24-20-33(39-31-14-8-6-12-29(24)31)26-16-18-35-37(22-26)42-38-23-27(17-19-36(38)41(35)28-10-4-3-5-11-28)34-21-25(2)30-13-7-9-15-32(30)40-34/h3-23H,1-2H3. The van der Waals surface area contributed by atoms with Crippen LogP contribution in [0.1, 0.15) is 11.1 Å². The lowest BCUT2D eigenvalue weighted by molar-refractivity contribution is 0.477. The molecule has 0 saturated heterocycles. The number of rotatable bonds is 3. The van der Waals surface area contributed by atoms with Crippen LogP contribution < -0.4 is 9.64 Å². The first-order valence-electron chi connectivity index (χ1n) is 14.2. The molecule has 0 saturated carbocycles. The summed E-state index contributed by atoms with van der Waals surface area (Å²) in [5.41, 5.74) is 11.3. The number of aromatic nitrogens is 2. The van der Waals surface area contributed by atoms with E-state index in [4.69, 9.17) is 14.7 Å². The third-order valence-electron chi connectivity index (χ3n) is 8.07. The van der Waals surface area contributed by atoms with Gasteiger partial charge in [-0.1, -0.05) is 66.7 Å². The molecule has 42 heavy (non-hydrogen) atoms. The molecule has 0 radical (unpaired) electrons. The summed E-state index contributed by atoms with van der Waals surface area (Å²) in [6.45, 7) is 4.28. The molecule has 2 aromatic heterocycles. The molecular formula is C38H27N3O. The Morgan fingerprint density at radius 2 is 0.976 bits per heavy atom. The van der Waals surface area contributed by atoms with Crippen molar-refractivity contribution in [1.29, 1.82) is 0 Å². The first-order chi connectivity index (χ1) is 20.6. The van der Waals surface area contributed by atoms with Crippen LogP contribution in [0.5, 0.6) is 11.5 Å². The van der Waals surface area contributed by atoms with Crippen LogP contribution in [-0.2, 0) is 0 Å². The van der Waals surface area contributed by atoms with Gasteiger partial charge in [0.1, 0.15) is 0 Å². The average molecular weight is 542 g/mol. The van der Waals surface area contributed by atoms with Crippen LogP contribution in [0.2, 0.25) is 0 Å². The minimum atomic E-state index is 0.788. The number of hydrogen-bond acceptors (Lipinski definition) is 4. The van der Waals surface area contributed by atoms with Gasteiger partial charge in [-0.3, -0.25) is 0 Å². The molecule has 0 spiro atoms. The SMILES string of the molecule is Cc1cc(-c2ccc3c(c2)Oc2cc(-c4cc(C)c5ccccc5n4)ccc2N3c2ccccc2)nc2ccccc12. The molecule has 4 heteroatoms. The molecule has 200 valence electrons. The number of anilines is 3. The lowest BCUT2D eigenvalue weighted by atomic mass is 10.0. The molecule has 3 heterocycles. The van der Waals surface area contributed by atoms with Gasteiger partial charge in [0.25, 0.3) is 0 Å². The van der Waals surface area contributed by atoms with Crippen molar-refractivity contribution in [1.82, 2.24) is 9.97 Å². The van der Waals surface area contributed by atoms with Crippen LogP contribution in [0.15, 0.2) is 127 Å². The summed E-state index contributed by atoms with van der Waals surface area (Å²) in [4.78, 5) is 12.2. The van der Waals surface area contributed by atoms with Crippen LogP contribution in [0.4, 0.5) is 17.1 Å². The van der Waals surface area contributed by atoms with Gasteiger partial charge in [0.05, 0.1) is 33.8 Å². The second-order valence-corrected chi connectivity index (χ2v) is 10.8. The van der Waals surface area contributed by atoms with Crippen LogP contribution >= 0.6 is 0 Å². The van der Waals surface area contributed by atoms with Gasteiger partial charge in [0.2, 0.25) is 0 Å². The van der Waals surface area contributed by atoms with E-state index in [1.54, 1.807) is 0 Å². The highest BCUT2D eigenvalue weighted by molar-refractivity contribution is 5.91. The number of benzene rings is 5. The van der Waals surface area contributed by atoms with Crippen LogP contribution in [-0.4, -0.2) is 9.97 Å². The smallest absolute Gasteiger partial charge is 0.152 e. The predicted octanol–water partition coefficient (Wildman–Crippen LogP) is 10.3. The number of para-hydroxylation sites is 3. The quantitative estimate of drug-likeness (QED) is 0.223. The molecule has 0 N–H and O–H groups in total. The van der Waals surface area contributed by atoms with Gasteiger partial charge in [-0.05, 0) is 85.6 Å². The number of ether oxygens (including phenoxy) is 1. The number of pyridine rings is 2. The minimum Gasteiger partial charge on any atom is -0.453 e. The van der Waals surface area contributed by atoms with Gasteiger partial charge in [-0.25, -0.2) is 9.97 Å². The summed E-state index contributed by atoms with van der Waals surface area (Å²) < 4.78 is 6.69. The van der Waals surface area contributed by atoms with Crippen molar-refractivity contribution < 1.29 is 4.74 Å². The van der Waals surface area contributed by atoms with Crippen LogP contribution in [0.3, 0.4) is 0 Å². The van der Waals surface area contributed by atoms with Crippen molar-refractivity contribution in [3.8, 4) is 34.0 Å². The number of fused-ring (bicyclic) bond motifs is 4. The number of nitrogens with zero attached hydrogens (tertiary/aromatic N) is 3. The third kappa shape index (κ3) is 4.00. The summed E-state index contributed by atoms with van der Waals surface area (Å²) in [5, 5.41) is 2.34. The van der Waals surface area contributed by atoms with E-state index in [0.717, 1.165) is 62.1 Å². The van der Waals surface area contributed by atoms with Gasteiger partial charge < -0.3 is 9.64 Å². The Morgan fingerprint density at radius 3 is 1.50 bits per heavy atom. The van der Waals surface area contributed by atoms with Crippen molar-refractivity contribution in [2.45, 2.75) is 13.8 Å². The largest absolute Gasteiger partial charge is 0.453 e. The fourth-order valence-electron chi connectivity index (χ4n) is 5.98. The minimum absolute atomic E-state index is 0.788. The molecule has 0 atom stereocenters. The molecule has 0 aliphatic carbocycles. The van der Waals surface area contributed by atoms with Crippen molar-refractivity contribution >= 4 is 38.9 Å². The zero-order valence-electron chi connectivity index (χ0n) is 23.4. The van der Waals surface area contributed by atoms with Gasteiger partial charge in [0.15, 0.2) is 11.5 Å². The van der Waals surface area contributed by atoms with E-state index in [2.05, 4.69) is 128 Å². The van der Waals surface area contributed by atoms with Crippen molar-refractivity contribution in [2.75, 3.05) is 4.90 Å². The Bertz CT molecular complexity index is 2020. The van der Waals surface area contributed by atoms with Gasteiger partial charge in [-0.15, -0.1) is 0 Å². The zero-order chi connectivity index (χ0) is 28.2. The molecule has 5 aromatic carbocycles. The number of aryl methyl sites for hydroxylation is 2. The maximum atomic E-state index is 6.69. The molecule has 1 aliphatic rings. The Balaban J connectivity index is 1.27. The van der Waals surface area contributed by atoms with E-state index in [-0.39, 0.29) is 0 Å². The van der Waals surface area contributed by atoms with Gasteiger partial charge >= 0.3 is 0 Å². The molecule has 4 nitrogen and oxygen atoms in total. The van der Waals surface area contributed by atoms with Gasteiger partial charge in [-0.2, -0.15) is 0 Å². The Hall–Kier alpha value is -5.48. The summed E-state index contributed by atoms with van der Waals surface area (Å²) in [6.07, 6.45) is 0. The van der Waals surface area contributed by atoms with E-state index in [1.165, 1.54) is 21.9 Å². The van der Waals surface area contributed by atoms with E-state index in [9.17, 15) is 0 Å². The topological polar surface area (TPSA) is 38.2 Å². The van der Waals surface area contributed by atoms with E-state index in [1.807, 2.05) is 18.2 Å². The maximum Gasteiger partial charge on any atom is 0.152 e. The summed E-state index contributed by atoms with van der Waals surface area (Å²) >= 11 is 0. The molecule has 0 amide bonds. The molecule has 8 rings (SSSR count). The van der Waals surface area contributed by atoms with E-state index < -0.39 is 0 Å². The molecule has 0 bridgehead atoms. The molecule has 7 aromatic rings. The fraction of sp³-hybridized carbons (Fsp3) is 0.0526. The Morgan fingerprint density at radius 1 is 0.500 bits per heavy atom. The summed E-state index contributed by atoms with van der Waals surface area (Å²) in [6, 6.07) is 44.0. The highest BCUT2D eigenvalue weighted by atomic mass is 16.5. The third-order valence-corrected chi connectivity index (χ3v) is 8.07. The highest BCUT2D eigenvalue weighted by Gasteiger charge is 2.27. The molecule has 1 aliphatic heterocycles. The normalized spacial score (nSPS) is 12.2. The fourth-order valence-corrected chi connectivity index (χ4v) is 5.98. The second kappa shape index (κ2) is 9.57. The van der Waals surface area contributed by atoms with Gasteiger partial charge in [0, 0.05) is 27.6 Å². The lowest BCUT2D eigenvalue weighted by Crippen LogP contribution is -2.16. The Kier molecular flexibility index (Phi) is 5.54. The second-order valence-electron chi connectivity index (χ2n) is 10.8. The van der Waals surface area contributed by atoms with E-state index >= 15 is 0 Å². The summed E-state index contributed by atoms with van der Waals surface area (Å²) in [5.74, 6) is 1.58. The average Bonchev–Trinajstić information content (AvgIpc) is 3.03. The van der Waals surface area contributed by atoms with Crippen LogP contribution in [0.25, 0.3) is 44.3 Å². The first kappa shape index (κ1) is 24.3. The van der Waals surface area contributed by atoms with E-state index in [0.29, 0.717) is 0 Å². The monoisotopic (exact) mass is 541 g/mol. The maximum absolute atomic E-state index is 6.69. The molecular weight excluding hydrogens is 514 g/mol. The lowest BCUT2D eigenvalue weighted by Gasteiger charge is -2.33. The first-order valence-corrected chi connectivity index (χ1v) is 14.2. The molecule has 0 fully saturated rings. The van der Waals surface area contributed by atoms with Crippen molar-refractivity contribution in [3.63, 3.8) is 0 Å². The Labute approximate surface area is 244 Å². The predicted molar refractivity (Wildman–Crippen MR) is 172 cm³/mol. The zero-order valence-corrected chi connectivity index (χ0v) is 23.4.